The molecule has 0 amide bonds. The SMILES string of the molecule is CCOC(=O)CCC(=O)c1cc2cc(CCCCO)c(OC)cc2[se]1. The van der Waals surface area contributed by atoms with Gasteiger partial charge in [-0.15, -0.1) is 0 Å². The first-order chi connectivity index (χ1) is 12.1. The van der Waals surface area contributed by atoms with E-state index >= 15 is 0 Å². The molecule has 0 fully saturated rings. The Hall–Kier alpha value is -1.62. The summed E-state index contributed by atoms with van der Waals surface area (Å²) in [4.78, 5) is 23.8. The summed E-state index contributed by atoms with van der Waals surface area (Å²) in [6, 6.07) is 6.04. The van der Waals surface area contributed by atoms with Gasteiger partial charge in [0.25, 0.3) is 0 Å². The fraction of sp³-hybridized carbons (Fsp3) is 0.474. The topological polar surface area (TPSA) is 72.8 Å². The standard InChI is InChI=1S/C19H24O5Se/c1-3-24-19(22)8-7-15(21)18-11-14-10-13(6-4-5-9-20)16(23-2)12-17(14)25-18/h10-12,20H,3-9H2,1-2H3. The number of benzene rings is 1. The van der Waals surface area contributed by atoms with Crippen molar-refractivity contribution >= 4 is 35.9 Å². The Kier molecular flexibility index (Phi) is 7.69. The van der Waals surface area contributed by atoms with E-state index in [0.29, 0.717) is 6.61 Å². The number of aliphatic hydroxyl groups excluding tert-OH is 1. The van der Waals surface area contributed by atoms with Gasteiger partial charge in [-0.3, -0.25) is 0 Å². The van der Waals surface area contributed by atoms with Crippen molar-refractivity contribution in [2.45, 2.75) is 39.0 Å². The average molecular weight is 411 g/mol. The molecule has 6 heteroatoms. The van der Waals surface area contributed by atoms with Crippen LogP contribution in [0.25, 0.3) is 9.65 Å². The molecule has 0 spiro atoms. The summed E-state index contributed by atoms with van der Waals surface area (Å²) in [7, 11) is 1.65. The summed E-state index contributed by atoms with van der Waals surface area (Å²) >= 11 is -0.0576. The van der Waals surface area contributed by atoms with Crippen LogP contribution in [0.2, 0.25) is 0 Å². The van der Waals surface area contributed by atoms with Crippen molar-refractivity contribution in [3.05, 3.63) is 28.2 Å². The minimum atomic E-state index is -0.327. The third kappa shape index (κ3) is 5.43. The number of Topliss-reactive ketones (excluding diaryl/α,β-unsaturated/α-hetero) is 1. The van der Waals surface area contributed by atoms with E-state index in [1.807, 2.05) is 12.1 Å². The number of unbranched alkanes of at least 4 members (excludes halogenated alkanes) is 1. The molecule has 0 atom stereocenters. The zero-order valence-electron chi connectivity index (χ0n) is 14.7. The van der Waals surface area contributed by atoms with Crippen LogP contribution in [0.5, 0.6) is 5.75 Å². The number of fused-ring (bicyclic) bond motifs is 1. The molecule has 0 unspecified atom stereocenters. The number of aryl methyl sites for hydroxylation is 1. The van der Waals surface area contributed by atoms with E-state index in [2.05, 4.69) is 6.07 Å². The summed E-state index contributed by atoms with van der Waals surface area (Å²) in [5.41, 5.74) is 1.10. The Bertz CT molecular complexity index is 735. The predicted octanol–water partition coefficient (Wildman–Crippen LogP) is 2.75. The second-order valence-corrected chi connectivity index (χ2v) is 8.00. The van der Waals surface area contributed by atoms with Crippen molar-refractivity contribution < 1.29 is 24.2 Å². The first-order valence-corrected chi connectivity index (χ1v) is 10.2. The summed E-state index contributed by atoms with van der Waals surface area (Å²) < 4.78 is 12.3. The molecule has 1 aromatic heterocycles. The predicted molar refractivity (Wildman–Crippen MR) is 97.7 cm³/mol. The van der Waals surface area contributed by atoms with Crippen molar-refractivity contribution in [1.29, 1.82) is 0 Å². The summed E-state index contributed by atoms with van der Waals surface area (Å²) in [6.07, 6.45) is 2.82. The Morgan fingerprint density at radius 2 is 1.96 bits per heavy atom. The molecular formula is C19H24O5Se. The number of hydrogen-bond acceptors (Lipinski definition) is 5. The first-order valence-electron chi connectivity index (χ1n) is 8.49. The minimum absolute atomic E-state index is 0.0186. The number of esters is 1. The molecule has 1 heterocycles. The molecule has 0 bridgehead atoms. The average Bonchev–Trinajstić information content (AvgIpc) is 3.02. The number of rotatable bonds is 10. The van der Waals surface area contributed by atoms with Crippen molar-refractivity contribution in [3.63, 3.8) is 0 Å². The van der Waals surface area contributed by atoms with Gasteiger partial charge in [-0.2, -0.15) is 0 Å². The van der Waals surface area contributed by atoms with E-state index in [1.165, 1.54) is 0 Å². The molecule has 25 heavy (non-hydrogen) atoms. The van der Waals surface area contributed by atoms with Gasteiger partial charge in [0.15, 0.2) is 0 Å². The molecular weight excluding hydrogens is 387 g/mol. The molecule has 0 radical (unpaired) electrons. The Labute approximate surface area is 153 Å². The van der Waals surface area contributed by atoms with Gasteiger partial charge in [0.1, 0.15) is 0 Å². The van der Waals surface area contributed by atoms with Crippen LogP contribution < -0.4 is 4.74 Å². The summed E-state index contributed by atoms with van der Waals surface area (Å²) in [5, 5.41) is 10.0. The zero-order chi connectivity index (χ0) is 18.2. The molecule has 2 aromatic rings. The van der Waals surface area contributed by atoms with Gasteiger partial charge < -0.3 is 0 Å². The van der Waals surface area contributed by atoms with Crippen LogP contribution in [0.15, 0.2) is 18.2 Å². The van der Waals surface area contributed by atoms with Gasteiger partial charge >= 0.3 is 153 Å². The maximum atomic E-state index is 12.4. The molecule has 0 aliphatic rings. The number of ether oxygens (including phenoxy) is 2. The van der Waals surface area contributed by atoms with Crippen LogP contribution in [-0.4, -0.2) is 51.7 Å². The first kappa shape index (κ1) is 19.7. The van der Waals surface area contributed by atoms with Crippen LogP contribution in [0.3, 0.4) is 0 Å². The van der Waals surface area contributed by atoms with Gasteiger partial charge in [0.05, 0.1) is 0 Å². The number of carbonyl (C=O) groups excluding carboxylic acids is 2. The van der Waals surface area contributed by atoms with Gasteiger partial charge in [-0.25, -0.2) is 0 Å². The van der Waals surface area contributed by atoms with Crippen LogP contribution >= 0.6 is 0 Å². The Balaban J connectivity index is 2.14. The molecule has 0 saturated carbocycles. The number of aliphatic hydroxyl groups is 1. The van der Waals surface area contributed by atoms with Gasteiger partial charge in [-0.1, -0.05) is 0 Å². The molecule has 5 nitrogen and oxygen atoms in total. The van der Waals surface area contributed by atoms with Crippen molar-refractivity contribution in [1.82, 2.24) is 0 Å². The number of methoxy groups -OCH3 is 1. The van der Waals surface area contributed by atoms with E-state index in [1.54, 1.807) is 14.0 Å². The van der Waals surface area contributed by atoms with Gasteiger partial charge in [0.2, 0.25) is 0 Å². The number of hydrogen-bond donors (Lipinski definition) is 1. The second-order valence-electron chi connectivity index (χ2n) is 5.72. The van der Waals surface area contributed by atoms with Crippen molar-refractivity contribution in [2.24, 2.45) is 0 Å². The Morgan fingerprint density at radius 1 is 1.16 bits per heavy atom. The van der Waals surface area contributed by atoms with Crippen molar-refractivity contribution in [2.75, 3.05) is 20.3 Å². The van der Waals surface area contributed by atoms with Crippen LogP contribution in [0.1, 0.15) is 47.4 Å². The van der Waals surface area contributed by atoms with E-state index in [9.17, 15) is 9.59 Å². The van der Waals surface area contributed by atoms with E-state index < -0.39 is 0 Å². The van der Waals surface area contributed by atoms with E-state index in [0.717, 1.165) is 44.7 Å². The summed E-state index contributed by atoms with van der Waals surface area (Å²) in [5.74, 6) is 0.532. The van der Waals surface area contributed by atoms with Crippen LogP contribution in [0.4, 0.5) is 0 Å². The third-order valence-electron chi connectivity index (χ3n) is 3.91. The van der Waals surface area contributed by atoms with Crippen LogP contribution in [-0.2, 0) is 16.0 Å². The monoisotopic (exact) mass is 412 g/mol. The van der Waals surface area contributed by atoms with Gasteiger partial charge in [0, 0.05) is 0 Å². The van der Waals surface area contributed by atoms with Crippen molar-refractivity contribution in [3.8, 4) is 5.75 Å². The van der Waals surface area contributed by atoms with E-state index in [-0.39, 0.29) is 45.7 Å². The normalized spacial score (nSPS) is 10.8. The third-order valence-corrected chi connectivity index (χ3v) is 6.30. The molecule has 0 aliphatic carbocycles. The molecule has 0 aliphatic heterocycles. The number of carbonyl (C=O) groups is 2. The Morgan fingerprint density at radius 3 is 2.64 bits per heavy atom. The quantitative estimate of drug-likeness (QED) is 0.282. The molecule has 2 rings (SSSR count). The molecule has 1 N–H and O–H groups in total. The van der Waals surface area contributed by atoms with Gasteiger partial charge in [-0.05, 0) is 0 Å². The zero-order valence-corrected chi connectivity index (χ0v) is 16.4. The maximum absolute atomic E-state index is 12.4. The van der Waals surface area contributed by atoms with Crippen LogP contribution in [0, 0.1) is 0 Å². The second kappa shape index (κ2) is 9.76. The number of ketones is 1. The summed E-state index contributed by atoms with van der Waals surface area (Å²) in [6.45, 7) is 2.28. The van der Waals surface area contributed by atoms with E-state index in [4.69, 9.17) is 14.6 Å². The molecule has 136 valence electrons. The molecule has 0 saturated heterocycles. The fourth-order valence-electron chi connectivity index (χ4n) is 2.64. The fourth-order valence-corrected chi connectivity index (χ4v) is 4.82. The molecule has 1 aromatic carbocycles.